The van der Waals surface area contributed by atoms with Gasteiger partial charge in [0, 0.05) is 24.3 Å². The molecule has 4 nitrogen and oxygen atoms in total. The predicted octanol–water partition coefficient (Wildman–Crippen LogP) is 1.42. The number of aliphatic hydroxyl groups is 1. The third kappa shape index (κ3) is 2.48. The van der Waals surface area contributed by atoms with E-state index in [-0.39, 0.29) is 11.8 Å². The molecule has 1 saturated heterocycles. The van der Waals surface area contributed by atoms with Crippen molar-refractivity contribution in [1.82, 2.24) is 4.90 Å². The Morgan fingerprint density at radius 1 is 1.50 bits per heavy atom. The molecule has 0 spiro atoms. The first-order valence-corrected chi connectivity index (χ1v) is 6.32. The number of carbonyl (C=O) groups excluding carboxylic acids is 1. The first kappa shape index (κ1) is 12.9. The van der Waals surface area contributed by atoms with Gasteiger partial charge in [0.15, 0.2) is 0 Å². The summed E-state index contributed by atoms with van der Waals surface area (Å²) in [7, 11) is 0. The second kappa shape index (κ2) is 4.98. The zero-order valence-electron chi connectivity index (χ0n) is 10.9. The van der Waals surface area contributed by atoms with Gasteiger partial charge in [0.25, 0.3) is 5.91 Å². The van der Waals surface area contributed by atoms with Crippen molar-refractivity contribution in [2.24, 2.45) is 5.92 Å². The van der Waals surface area contributed by atoms with Gasteiger partial charge in [-0.05, 0) is 37.0 Å². The summed E-state index contributed by atoms with van der Waals surface area (Å²) in [6.07, 6.45) is 0.415. The van der Waals surface area contributed by atoms with Gasteiger partial charge in [-0.1, -0.05) is 13.0 Å². The molecule has 18 heavy (non-hydrogen) atoms. The Kier molecular flexibility index (Phi) is 3.57. The number of aliphatic hydroxyl groups excluding tert-OH is 1. The molecule has 1 aliphatic heterocycles. The van der Waals surface area contributed by atoms with E-state index in [9.17, 15) is 9.90 Å². The Balaban J connectivity index is 2.19. The number of β-amino-alcohol motifs (C(OH)–C–C–N with tert-alkyl or cyclic N) is 1. The van der Waals surface area contributed by atoms with E-state index in [1.54, 1.807) is 17.0 Å². The molecule has 4 heteroatoms. The molecular formula is C14H20N2O2. The molecule has 1 amide bonds. The quantitative estimate of drug-likeness (QED) is 0.739. The molecule has 2 rings (SSSR count). The smallest absolute Gasteiger partial charge is 0.254 e. The van der Waals surface area contributed by atoms with Crippen LogP contribution in [-0.4, -0.2) is 35.1 Å². The highest BCUT2D eigenvalue weighted by atomic mass is 16.3. The number of carbonyl (C=O) groups is 1. The molecule has 1 heterocycles. The number of benzene rings is 1. The Hall–Kier alpha value is -1.55. The van der Waals surface area contributed by atoms with Gasteiger partial charge in [0.2, 0.25) is 0 Å². The lowest BCUT2D eigenvalue weighted by Gasteiger charge is -2.34. The summed E-state index contributed by atoms with van der Waals surface area (Å²) in [6, 6.07) is 5.35. The zero-order chi connectivity index (χ0) is 13.3. The molecule has 0 radical (unpaired) electrons. The van der Waals surface area contributed by atoms with Gasteiger partial charge in [-0.25, -0.2) is 0 Å². The highest BCUT2D eigenvalue weighted by Crippen LogP contribution is 2.21. The number of piperidine rings is 1. The average Bonchev–Trinajstić information content (AvgIpc) is 2.35. The maximum atomic E-state index is 12.4. The van der Waals surface area contributed by atoms with Crippen LogP contribution in [0, 0.1) is 12.8 Å². The van der Waals surface area contributed by atoms with E-state index in [0.29, 0.717) is 24.3 Å². The predicted molar refractivity (Wildman–Crippen MR) is 71.3 cm³/mol. The van der Waals surface area contributed by atoms with Crippen molar-refractivity contribution in [2.45, 2.75) is 26.4 Å². The standard InChI is InChI=1S/C14H20N2O2/c1-9-3-4-11(15)7-12(9)14(18)16-6-5-10(2)13(17)8-16/h3-4,7,10,13,17H,5-6,8,15H2,1-2H3. The summed E-state index contributed by atoms with van der Waals surface area (Å²) in [5.74, 6) is 0.224. The van der Waals surface area contributed by atoms with E-state index < -0.39 is 6.10 Å². The van der Waals surface area contributed by atoms with Crippen LogP contribution in [0.4, 0.5) is 5.69 Å². The molecule has 0 aromatic heterocycles. The van der Waals surface area contributed by atoms with Gasteiger partial charge in [0.1, 0.15) is 0 Å². The minimum absolute atomic E-state index is 0.0363. The molecule has 2 unspecified atom stereocenters. The topological polar surface area (TPSA) is 66.6 Å². The molecule has 1 fully saturated rings. The molecular weight excluding hydrogens is 228 g/mol. The molecule has 1 aromatic rings. The number of anilines is 1. The number of nitrogens with zero attached hydrogens (tertiary/aromatic N) is 1. The lowest BCUT2D eigenvalue weighted by atomic mass is 9.95. The number of hydrogen-bond acceptors (Lipinski definition) is 3. The molecule has 0 bridgehead atoms. The largest absolute Gasteiger partial charge is 0.399 e. The van der Waals surface area contributed by atoms with E-state index in [1.165, 1.54) is 0 Å². The van der Waals surface area contributed by atoms with Crippen molar-refractivity contribution in [1.29, 1.82) is 0 Å². The number of hydrogen-bond donors (Lipinski definition) is 2. The van der Waals surface area contributed by atoms with Crippen molar-refractivity contribution < 1.29 is 9.90 Å². The lowest BCUT2D eigenvalue weighted by molar-refractivity contribution is 0.0248. The van der Waals surface area contributed by atoms with Crippen LogP contribution in [0.2, 0.25) is 0 Å². The van der Waals surface area contributed by atoms with Crippen molar-refractivity contribution >= 4 is 11.6 Å². The first-order valence-electron chi connectivity index (χ1n) is 6.32. The minimum atomic E-state index is -0.427. The second-order valence-electron chi connectivity index (χ2n) is 5.16. The van der Waals surface area contributed by atoms with E-state index in [4.69, 9.17) is 5.73 Å². The van der Waals surface area contributed by atoms with Crippen LogP contribution in [0.15, 0.2) is 18.2 Å². The van der Waals surface area contributed by atoms with E-state index in [1.807, 2.05) is 19.9 Å². The minimum Gasteiger partial charge on any atom is -0.399 e. The molecule has 1 aromatic carbocycles. The van der Waals surface area contributed by atoms with Gasteiger partial charge in [-0.15, -0.1) is 0 Å². The Morgan fingerprint density at radius 2 is 2.22 bits per heavy atom. The van der Waals surface area contributed by atoms with Gasteiger partial charge in [0.05, 0.1) is 6.10 Å². The SMILES string of the molecule is Cc1ccc(N)cc1C(=O)N1CCC(C)C(O)C1. The van der Waals surface area contributed by atoms with Crippen molar-refractivity contribution in [3.8, 4) is 0 Å². The molecule has 2 atom stereocenters. The summed E-state index contributed by atoms with van der Waals surface area (Å²) in [5, 5.41) is 9.85. The van der Waals surface area contributed by atoms with Crippen LogP contribution in [0.5, 0.6) is 0 Å². The number of rotatable bonds is 1. The van der Waals surface area contributed by atoms with Crippen LogP contribution in [0.3, 0.4) is 0 Å². The lowest BCUT2D eigenvalue weighted by Crippen LogP contribution is -2.46. The normalized spacial score (nSPS) is 24.1. The first-order chi connectivity index (χ1) is 8.49. The fourth-order valence-corrected chi connectivity index (χ4v) is 2.27. The molecule has 98 valence electrons. The maximum Gasteiger partial charge on any atom is 0.254 e. The molecule has 3 N–H and O–H groups in total. The number of nitrogens with two attached hydrogens (primary N) is 1. The number of aryl methyl sites for hydroxylation is 1. The van der Waals surface area contributed by atoms with E-state index in [2.05, 4.69) is 0 Å². The fourth-order valence-electron chi connectivity index (χ4n) is 2.27. The van der Waals surface area contributed by atoms with Crippen LogP contribution < -0.4 is 5.73 Å². The number of likely N-dealkylation sites (tertiary alicyclic amines) is 1. The van der Waals surface area contributed by atoms with E-state index >= 15 is 0 Å². The van der Waals surface area contributed by atoms with Gasteiger partial charge < -0.3 is 15.7 Å². The monoisotopic (exact) mass is 248 g/mol. The van der Waals surface area contributed by atoms with Crippen molar-refractivity contribution in [3.05, 3.63) is 29.3 Å². The van der Waals surface area contributed by atoms with Gasteiger partial charge in [-0.2, -0.15) is 0 Å². The third-order valence-electron chi connectivity index (χ3n) is 3.70. The van der Waals surface area contributed by atoms with Crippen LogP contribution in [0.25, 0.3) is 0 Å². The van der Waals surface area contributed by atoms with Gasteiger partial charge in [-0.3, -0.25) is 4.79 Å². The zero-order valence-corrected chi connectivity index (χ0v) is 10.9. The third-order valence-corrected chi connectivity index (χ3v) is 3.70. The Labute approximate surface area is 107 Å². The average molecular weight is 248 g/mol. The second-order valence-corrected chi connectivity index (χ2v) is 5.16. The summed E-state index contributed by atoms with van der Waals surface area (Å²) >= 11 is 0. The highest BCUT2D eigenvalue weighted by Gasteiger charge is 2.28. The van der Waals surface area contributed by atoms with Crippen LogP contribution in [0.1, 0.15) is 29.3 Å². The van der Waals surface area contributed by atoms with Crippen LogP contribution in [-0.2, 0) is 0 Å². The Bertz CT molecular complexity index is 459. The molecule has 1 aliphatic rings. The fraction of sp³-hybridized carbons (Fsp3) is 0.500. The van der Waals surface area contributed by atoms with Crippen molar-refractivity contribution in [2.75, 3.05) is 18.8 Å². The summed E-state index contributed by atoms with van der Waals surface area (Å²) in [4.78, 5) is 14.1. The molecule has 0 saturated carbocycles. The summed E-state index contributed by atoms with van der Waals surface area (Å²) in [6.45, 7) is 5.02. The maximum absolute atomic E-state index is 12.4. The van der Waals surface area contributed by atoms with Gasteiger partial charge >= 0.3 is 0 Å². The van der Waals surface area contributed by atoms with E-state index in [0.717, 1.165) is 12.0 Å². The highest BCUT2D eigenvalue weighted by molar-refractivity contribution is 5.96. The summed E-state index contributed by atoms with van der Waals surface area (Å²) < 4.78 is 0. The van der Waals surface area contributed by atoms with Crippen LogP contribution >= 0.6 is 0 Å². The molecule has 0 aliphatic carbocycles. The van der Waals surface area contributed by atoms with Crippen molar-refractivity contribution in [3.63, 3.8) is 0 Å². The number of nitrogen functional groups attached to an aromatic ring is 1. The Morgan fingerprint density at radius 3 is 2.89 bits per heavy atom. The number of amides is 1. The summed E-state index contributed by atoms with van der Waals surface area (Å²) in [5.41, 5.74) is 7.87.